The highest BCUT2D eigenvalue weighted by Crippen LogP contribution is 2.36. The van der Waals surface area contributed by atoms with Gasteiger partial charge in [-0.2, -0.15) is 0 Å². The Bertz CT molecular complexity index is 198. The van der Waals surface area contributed by atoms with Gasteiger partial charge in [0.25, 0.3) is 0 Å². The standard InChI is InChI=1S/C12H24N2O/c1-3-14-11(15)6-9-13-10-12(2)7-4-5-8-12/h13H,3-10H2,1-2H3,(H,14,15). The van der Waals surface area contributed by atoms with E-state index in [2.05, 4.69) is 17.6 Å². The molecule has 0 saturated heterocycles. The molecular formula is C12H24N2O. The highest BCUT2D eigenvalue weighted by Gasteiger charge is 2.27. The van der Waals surface area contributed by atoms with Crippen LogP contribution >= 0.6 is 0 Å². The second kappa shape index (κ2) is 6.11. The van der Waals surface area contributed by atoms with Crippen molar-refractivity contribution >= 4 is 5.91 Å². The molecule has 0 aromatic carbocycles. The summed E-state index contributed by atoms with van der Waals surface area (Å²) in [5.74, 6) is 0.154. The van der Waals surface area contributed by atoms with Gasteiger partial charge in [0.05, 0.1) is 0 Å². The van der Waals surface area contributed by atoms with Crippen LogP contribution in [0.1, 0.15) is 46.0 Å². The minimum atomic E-state index is 0.154. The van der Waals surface area contributed by atoms with E-state index < -0.39 is 0 Å². The van der Waals surface area contributed by atoms with Gasteiger partial charge in [0.15, 0.2) is 0 Å². The van der Waals surface area contributed by atoms with Gasteiger partial charge in [-0.25, -0.2) is 0 Å². The first-order valence-electron chi connectivity index (χ1n) is 6.14. The number of nitrogens with one attached hydrogen (secondary N) is 2. The van der Waals surface area contributed by atoms with Gasteiger partial charge >= 0.3 is 0 Å². The van der Waals surface area contributed by atoms with Gasteiger partial charge in [0.2, 0.25) is 5.91 Å². The molecule has 88 valence electrons. The molecule has 1 amide bonds. The molecule has 3 nitrogen and oxygen atoms in total. The van der Waals surface area contributed by atoms with Crippen LogP contribution in [-0.4, -0.2) is 25.5 Å². The monoisotopic (exact) mass is 212 g/mol. The zero-order valence-corrected chi connectivity index (χ0v) is 10.1. The van der Waals surface area contributed by atoms with Crippen LogP contribution in [0.15, 0.2) is 0 Å². The lowest BCUT2D eigenvalue weighted by atomic mass is 9.89. The van der Waals surface area contributed by atoms with E-state index in [0.29, 0.717) is 11.8 Å². The van der Waals surface area contributed by atoms with E-state index in [1.54, 1.807) is 0 Å². The van der Waals surface area contributed by atoms with Crippen molar-refractivity contribution in [3.8, 4) is 0 Å². The van der Waals surface area contributed by atoms with E-state index >= 15 is 0 Å². The van der Waals surface area contributed by atoms with E-state index in [1.807, 2.05) is 6.92 Å². The van der Waals surface area contributed by atoms with E-state index in [0.717, 1.165) is 19.6 Å². The first kappa shape index (κ1) is 12.5. The van der Waals surface area contributed by atoms with Crippen molar-refractivity contribution in [2.75, 3.05) is 19.6 Å². The largest absolute Gasteiger partial charge is 0.356 e. The Hall–Kier alpha value is -0.570. The first-order chi connectivity index (χ1) is 7.16. The zero-order valence-electron chi connectivity index (χ0n) is 10.1. The minimum Gasteiger partial charge on any atom is -0.356 e. The molecule has 3 heteroatoms. The second-order valence-electron chi connectivity index (χ2n) is 4.90. The fourth-order valence-electron chi connectivity index (χ4n) is 2.28. The van der Waals surface area contributed by atoms with Crippen molar-refractivity contribution in [3.63, 3.8) is 0 Å². The lowest BCUT2D eigenvalue weighted by Crippen LogP contribution is -2.33. The number of amides is 1. The molecule has 2 N–H and O–H groups in total. The number of rotatable bonds is 6. The zero-order chi connectivity index (χ0) is 11.1. The molecule has 0 heterocycles. The van der Waals surface area contributed by atoms with Crippen LogP contribution in [0.3, 0.4) is 0 Å². The normalized spacial score (nSPS) is 19.1. The molecule has 1 saturated carbocycles. The summed E-state index contributed by atoms with van der Waals surface area (Å²) in [6.45, 7) is 6.90. The summed E-state index contributed by atoms with van der Waals surface area (Å²) in [5.41, 5.74) is 0.487. The summed E-state index contributed by atoms with van der Waals surface area (Å²) in [6.07, 6.45) is 6.01. The summed E-state index contributed by atoms with van der Waals surface area (Å²) in [5, 5.41) is 6.20. The Morgan fingerprint density at radius 3 is 2.60 bits per heavy atom. The lowest BCUT2D eigenvalue weighted by molar-refractivity contribution is -0.120. The van der Waals surface area contributed by atoms with E-state index in [-0.39, 0.29) is 5.91 Å². The van der Waals surface area contributed by atoms with Crippen LogP contribution < -0.4 is 10.6 Å². The molecule has 1 aliphatic rings. The summed E-state index contributed by atoms with van der Waals surface area (Å²) in [7, 11) is 0. The molecule has 0 aliphatic heterocycles. The Balaban J connectivity index is 2.03. The minimum absolute atomic E-state index is 0.154. The van der Waals surface area contributed by atoms with Gasteiger partial charge in [-0.15, -0.1) is 0 Å². The van der Waals surface area contributed by atoms with Crippen LogP contribution in [0.2, 0.25) is 0 Å². The van der Waals surface area contributed by atoms with E-state index in [4.69, 9.17) is 0 Å². The number of carbonyl (C=O) groups excluding carboxylic acids is 1. The van der Waals surface area contributed by atoms with Gasteiger partial charge in [-0.05, 0) is 25.2 Å². The van der Waals surface area contributed by atoms with E-state index in [1.165, 1.54) is 25.7 Å². The van der Waals surface area contributed by atoms with Gasteiger partial charge in [-0.3, -0.25) is 4.79 Å². The fourth-order valence-corrected chi connectivity index (χ4v) is 2.28. The molecule has 15 heavy (non-hydrogen) atoms. The average Bonchev–Trinajstić information content (AvgIpc) is 2.61. The van der Waals surface area contributed by atoms with Crippen LogP contribution in [0.5, 0.6) is 0 Å². The number of hydrogen-bond donors (Lipinski definition) is 2. The summed E-state index contributed by atoms with van der Waals surface area (Å²) < 4.78 is 0. The Labute approximate surface area is 93.0 Å². The number of carbonyl (C=O) groups is 1. The van der Waals surface area contributed by atoms with Crippen molar-refractivity contribution in [3.05, 3.63) is 0 Å². The molecule has 0 atom stereocenters. The predicted molar refractivity (Wildman–Crippen MR) is 62.7 cm³/mol. The molecule has 0 radical (unpaired) electrons. The smallest absolute Gasteiger partial charge is 0.221 e. The van der Waals surface area contributed by atoms with Gasteiger partial charge in [0.1, 0.15) is 0 Å². The van der Waals surface area contributed by atoms with Crippen LogP contribution in [0.25, 0.3) is 0 Å². The van der Waals surface area contributed by atoms with Crippen molar-refractivity contribution in [2.24, 2.45) is 5.41 Å². The first-order valence-corrected chi connectivity index (χ1v) is 6.14. The maximum atomic E-state index is 11.2. The highest BCUT2D eigenvalue weighted by atomic mass is 16.1. The van der Waals surface area contributed by atoms with Gasteiger partial charge in [0, 0.05) is 26.1 Å². The summed E-state index contributed by atoms with van der Waals surface area (Å²) in [4.78, 5) is 11.2. The fraction of sp³-hybridized carbons (Fsp3) is 0.917. The molecule has 0 aromatic rings. The average molecular weight is 212 g/mol. The quantitative estimate of drug-likeness (QED) is 0.658. The summed E-state index contributed by atoms with van der Waals surface area (Å²) >= 11 is 0. The van der Waals surface area contributed by atoms with Gasteiger partial charge in [-0.1, -0.05) is 19.8 Å². The third-order valence-corrected chi connectivity index (χ3v) is 3.27. The lowest BCUT2D eigenvalue weighted by Gasteiger charge is -2.23. The predicted octanol–water partition coefficient (Wildman–Crippen LogP) is 1.68. The Morgan fingerprint density at radius 2 is 2.00 bits per heavy atom. The second-order valence-corrected chi connectivity index (χ2v) is 4.90. The molecule has 0 unspecified atom stereocenters. The Kier molecular flexibility index (Phi) is 5.09. The topological polar surface area (TPSA) is 41.1 Å². The van der Waals surface area contributed by atoms with E-state index in [9.17, 15) is 4.79 Å². The molecular weight excluding hydrogens is 188 g/mol. The molecule has 0 bridgehead atoms. The third kappa shape index (κ3) is 4.65. The van der Waals surface area contributed by atoms with Gasteiger partial charge < -0.3 is 10.6 Å². The van der Waals surface area contributed by atoms with Crippen LogP contribution in [0.4, 0.5) is 0 Å². The summed E-state index contributed by atoms with van der Waals surface area (Å²) in [6, 6.07) is 0. The highest BCUT2D eigenvalue weighted by molar-refractivity contribution is 5.75. The van der Waals surface area contributed by atoms with Crippen molar-refractivity contribution in [1.29, 1.82) is 0 Å². The molecule has 1 rings (SSSR count). The maximum absolute atomic E-state index is 11.2. The maximum Gasteiger partial charge on any atom is 0.221 e. The molecule has 0 aromatic heterocycles. The van der Waals surface area contributed by atoms with Crippen LogP contribution in [-0.2, 0) is 4.79 Å². The van der Waals surface area contributed by atoms with Crippen molar-refractivity contribution in [2.45, 2.75) is 46.0 Å². The Morgan fingerprint density at radius 1 is 1.33 bits per heavy atom. The molecule has 1 aliphatic carbocycles. The third-order valence-electron chi connectivity index (χ3n) is 3.27. The molecule has 1 fully saturated rings. The van der Waals surface area contributed by atoms with Crippen molar-refractivity contribution in [1.82, 2.24) is 10.6 Å². The SMILES string of the molecule is CCNC(=O)CCNCC1(C)CCCC1. The van der Waals surface area contributed by atoms with Crippen molar-refractivity contribution < 1.29 is 4.79 Å². The number of hydrogen-bond acceptors (Lipinski definition) is 2. The molecule has 0 spiro atoms. The van der Waals surface area contributed by atoms with Crippen LogP contribution in [0, 0.1) is 5.41 Å².